The second-order valence-corrected chi connectivity index (χ2v) is 8.68. The minimum Gasteiger partial charge on any atom is -0.490 e. The summed E-state index contributed by atoms with van der Waals surface area (Å²) in [6.45, 7) is 10.1. The zero-order valence-electron chi connectivity index (χ0n) is 20.4. The molecule has 0 aliphatic carbocycles. The first kappa shape index (κ1) is 23.4. The molecule has 0 radical (unpaired) electrons. The quantitative estimate of drug-likeness (QED) is 0.323. The van der Waals surface area contributed by atoms with Crippen LogP contribution in [0.25, 0.3) is 11.0 Å². The molecule has 7 heteroatoms. The predicted octanol–water partition coefficient (Wildman–Crippen LogP) is 5.52. The average molecular weight is 483 g/mol. The van der Waals surface area contributed by atoms with E-state index in [-0.39, 0.29) is 16.8 Å². The molecule has 0 spiro atoms. The Morgan fingerprint density at radius 3 is 2.58 bits per heavy atom. The Balaban J connectivity index is 1.76. The van der Waals surface area contributed by atoms with Gasteiger partial charge in [-0.25, -0.2) is 4.98 Å². The molecule has 0 saturated carbocycles. The van der Waals surface area contributed by atoms with E-state index in [9.17, 15) is 9.59 Å². The molecule has 1 unspecified atom stereocenters. The third kappa shape index (κ3) is 3.92. The van der Waals surface area contributed by atoms with Gasteiger partial charge in [-0.1, -0.05) is 30.4 Å². The average Bonchev–Trinajstić information content (AvgIpc) is 3.16. The number of benzene rings is 2. The molecule has 0 saturated heterocycles. The Bertz CT molecular complexity index is 1560. The van der Waals surface area contributed by atoms with Crippen LogP contribution < -0.4 is 19.8 Å². The first-order valence-corrected chi connectivity index (χ1v) is 11.8. The summed E-state index contributed by atoms with van der Waals surface area (Å²) in [5.41, 5.74) is 2.95. The van der Waals surface area contributed by atoms with Gasteiger partial charge in [0, 0.05) is 6.20 Å². The van der Waals surface area contributed by atoms with Crippen molar-refractivity contribution in [1.82, 2.24) is 4.98 Å². The molecule has 4 aromatic rings. The van der Waals surface area contributed by atoms with E-state index in [2.05, 4.69) is 11.6 Å². The van der Waals surface area contributed by atoms with Crippen LogP contribution >= 0.6 is 0 Å². The van der Waals surface area contributed by atoms with Crippen LogP contribution in [0.4, 0.5) is 5.82 Å². The molecule has 182 valence electrons. The van der Waals surface area contributed by atoms with Crippen LogP contribution in [0.15, 0.2) is 76.6 Å². The van der Waals surface area contributed by atoms with Crippen LogP contribution in [0, 0.1) is 13.8 Å². The highest BCUT2D eigenvalue weighted by Crippen LogP contribution is 2.43. The molecule has 7 nitrogen and oxygen atoms in total. The Morgan fingerprint density at radius 2 is 1.83 bits per heavy atom. The molecule has 5 rings (SSSR count). The summed E-state index contributed by atoms with van der Waals surface area (Å²) in [6, 6.07) is 13.7. The van der Waals surface area contributed by atoms with Crippen LogP contribution in [-0.2, 0) is 0 Å². The van der Waals surface area contributed by atoms with Crippen LogP contribution in [0.5, 0.6) is 11.5 Å². The molecule has 1 atom stereocenters. The summed E-state index contributed by atoms with van der Waals surface area (Å²) in [5, 5.41) is 0.432. The smallest absolute Gasteiger partial charge is 0.296 e. The maximum Gasteiger partial charge on any atom is 0.296 e. The van der Waals surface area contributed by atoms with E-state index in [0.29, 0.717) is 47.1 Å². The number of amides is 1. The maximum atomic E-state index is 13.8. The van der Waals surface area contributed by atoms with E-state index in [0.717, 1.165) is 11.1 Å². The van der Waals surface area contributed by atoms with Gasteiger partial charge < -0.3 is 13.9 Å². The van der Waals surface area contributed by atoms with Gasteiger partial charge >= 0.3 is 0 Å². The summed E-state index contributed by atoms with van der Waals surface area (Å²) in [5.74, 6) is 1.09. The monoisotopic (exact) mass is 482 g/mol. The molecular formula is C29H26N2O5. The largest absolute Gasteiger partial charge is 0.490 e. The van der Waals surface area contributed by atoms with E-state index < -0.39 is 11.9 Å². The zero-order valence-corrected chi connectivity index (χ0v) is 20.4. The molecule has 1 amide bonds. The van der Waals surface area contributed by atoms with Gasteiger partial charge in [-0.2, -0.15) is 0 Å². The minimum atomic E-state index is -0.754. The lowest BCUT2D eigenvalue weighted by Crippen LogP contribution is -2.30. The third-order valence-corrected chi connectivity index (χ3v) is 6.11. The SMILES string of the molecule is C=CCOc1ccc(C2c3c(oc4ccc(C)cc4c3=O)C(=O)N2c2cc(C)ccn2)cc1OCC. The first-order valence-electron chi connectivity index (χ1n) is 11.8. The summed E-state index contributed by atoms with van der Waals surface area (Å²) in [6.07, 6.45) is 3.30. The maximum absolute atomic E-state index is 13.8. The summed E-state index contributed by atoms with van der Waals surface area (Å²) >= 11 is 0. The highest BCUT2D eigenvalue weighted by molar-refractivity contribution is 6.10. The van der Waals surface area contributed by atoms with E-state index >= 15 is 0 Å². The van der Waals surface area contributed by atoms with Crippen LogP contribution in [0.2, 0.25) is 0 Å². The van der Waals surface area contributed by atoms with Gasteiger partial charge in [0.1, 0.15) is 18.0 Å². The van der Waals surface area contributed by atoms with Gasteiger partial charge in [-0.3, -0.25) is 14.5 Å². The van der Waals surface area contributed by atoms with Gasteiger partial charge in [-0.05, 0) is 68.3 Å². The number of pyridine rings is 1. The van der Waals surface area contributed by atoms with Crippen LogP contribution in [0.3, 0.4) is 0 Å². The minimum absolute atomic E-state index is 0.0228. The lowest BCUT2D eigenvalue weighted by atomic mass is 9.97. The number of anilines is 1. The molecule has 0 bridgehead atoms. The summed E-state index contributed by atoms with van der Waals surface area (Å²) < 4.78 is 17.7. The van der Waals surface area contributed by atoms with Crippen molar-refractivity contribution < 1.29 is 18.7 Å². The van der Waals surface area contributed by atoms with E-state index in [1.54, 1.807) is 36.5 Å². The molecule has 2 aromatic heterocycles. The van der Waals surface area contributed by atoms with Crippen molar-refractivity contribution in [3.8, 4) is 11.5 Å². The van der Waals surface area contributed by atoms with Crippen LogP contribution in [-0.4, -0.2) is 24.1 Å². The molecular weight excluding hydrogens is 456 g/mol. The molecule has 1 aliphatic rings. The number of carbonyl (C=O) groups is 1. The fourth-order valence-corrected chi connectivity index (χ4v) is 4.52. The van der Waals surface area contributed by atoms with Crippen molar-refractivity contribution in [2.24, 2.45) is 0 Å². The topological polar surface area (TPSA) is 81.9 Å². The highest BCUT2D eigenvalue weighted by atomic mass is 16.5. The Hall–Kier alpha value is -4.39. The van der Waals surface area contributed by atoms with Crippen molar-refractivity contribution in [1.29, 1.82) is 0 Å². The molecule has 3 heterocycles. The Kier molecular flexibility index (Phi) is 6.06. The second-order valence-electron chi connectivity index (χ2n) is 8.68. The third-order valence-electron chi connectivity index (χ3n) is 6.11. The lowest BCUT2D eigenvalue weighted by molar-refractivity contribution is 0.0970. The standard InChI is InChI=1S/C29H26N2O5/c1-5-13-35-22-10-8-19(16-23(22)34-6-2)26-25-27(32)20-14-17(3)7-9-21(20)36-28(25)29(33)31(26)24-15-18(4)11-12-30-24/h5,7-12,14-16,26H,1,6,13H2,2-4H3. The van der Waals surface area contributed by atoms with Crippen molar-refractivity contribution in [3.63, 3.8) is 0 Å². The Labute approximate surface area is 208 Å². The van der Waals surface area contributed by atoms with Gasteiger partial charge in [0.25, 0.3) is 5.91 Å². The summed E-state index contributed by atoms with van der Waals surface area (Å²) in [7, 11) is 0. The van der Waals surface area contributed by atoms with Crippen molar-refractivity contribution >= 4 is 22.7 Å². The number of nitrogens with zero attached hydrogens (tertiary/aromatic N) is 2. The predicted molar refractivity (Wildman–Crippen MR) is 138 cm³/mol. The Morgan fingerprint density at radius 1 is 1.03 bits per heavy atom. The first-order chi connectivity index (χ1) is 17.4. The van der Waals surface area contributed by atoms with E-state index in [1.165, 1.54) is 4.90 Å². The molecule has 2 aromatic carbocycles. The number of aryl methyl sites for hydroxylation is 2. The van der Waals surface area contributed by atoms with Crippen LogP contribution in [0.1, 0.15) is 45.8 Å². The van der Waals surface area contributed by atoms with E-state index in [1.807, 2.05) is 45.0 Å². The fraction of sp³-hybridized carbons (Fsp3) is 0.207. The van der Waals surface area contributed by atoms with Crippen molar-refractivity contribution in [3.05, 3.63) is 106 Å². The molecule has 0 fully saturated rings. The van der Waals surface area contributed by atoms with Gasteiger partial charge in [0.2, 0.25) is 5.76 Å². The molecule has 0 N–H and O–H groups in total. The van der Waals surface area contributed by atoms with Gasteiger partial charge in [-0.15, -0.1) is 0 Å². The molecule has 1 aliphatic heterocycles. The van der Waals surface area contributed by atoms with Crippen molar-refractivity contribution in [2.45, 2.75) is 26.8 Å². The summed E-state index contributed by atoms with van der Waals surface area (Å²) in [4.78, 5) is 33.6. The number of rotatable bonds is 7. The molecule has 36 heavy (non-hydrogen) atoms. The number of ether oxygens (including phenoxy) is 2. The zero-order chi connectivity index (χ0) is 25.4. The second kappa shape index (κ2) is 9.34. The van der Waals surface area contributed by atoms with E-state index in [4.69, 9.17) is 13.9 Å². The number of hydrogen-bond acceptors (Lipinski definition) is 6. The number of fused-ring (bicyclic) bond motifs is 2. The fourth-order valence-electron chi connectivity index (χ4n) is 4.52. The number of carbonyl (C=O) groups excluding carboxylic acids is 1. The van der Waals surface area contributed by atoms with Crippen molar-refractivity contribution in [2.75, 3.05) is 18.1 Å². The normalized spacial score (nSPS) is 14.7. The lowest BCUT2D eigenvalue weighted by Gasteiger charge is -2.25. The number of aromatic nitrogens is 1. The van der Waals surface area contributed by atoms with Gasteiger partial charge in [0.15, 0.2) is 16.9 Å². The number of hydrogen-bond donors (Lipinski definition) is 0. The van der Waals surface area contributed by atoms with Gasteiger partial charge in [0.05, 0.1) is 23.6 Å². The highest BCUT2D eigenvalue weighted by Gasteiger charge is 2.44.